The first-order valence-corrected chi connectivity index (χ1v) is 5.68. The van der Waals surface area contributed by atoms with E-state index in [4.69, 9.17) is 22.1 Å². The molecule has 1 aromatic carbocycles. The number of halogens is 1. The summed E-state index contributed by atoms with van der Waals surface area (Å²) >= 11 is 6.15. The highest BCUT2D eigenvalue weighted by molar-refractivity contribution is 6.34. The Morgan fingerprint density at radius 2 is 2.28 bits per heavy atom. The smallest absolute Gasteiger partial charge is 0.221 e. The maximum Gasteiger partial charge on any atom is 0.221 e. The first kappa shape index (κ1) is 12.4. The van der Waals surface area contributed by atoms with Crippen LogP contribution in [-0.2, 0) is 0 Å². The number of imidazole rings is 1. The van der Waals surface area contributed by atoms with Gasteiger partial charge < -0.3 is 10.5 Å². The van der Waals surface area contributed by atoms with Crippen molar-refractivity contribution in [3.63, 3.8) is 0 Å². The summed E-state index contributed by atoms with van der Waals surface area (Å²) in [6, 6.07) is 5.47. The molecule has 0 spiro atoms. The van der Waals surface area contributed by atoms with E-state index in [0.717, 1.165) is 11.3 Å². The number of ether oxygens (including phenoxy) is 1. The average Bonchev–Trinajstić information content (AvgIpc) is 2.66. The van der Waals surface area contributed by atoms with Gasteiger partial charge in [0, 0.05) is 5.56 Å². The van der Waals surface area contributed by atoms with Crippen LogP contribution in [0, 0.1) is 6.92 Å². The number of aryl methyl sites for hydroxylation is 1. The lowest BCUT2D eigenvalue weighted by Crippen LogP contribution is -1.97. The highest BCUT2D eigenvalue weighted by atomic mass is 35.5. The normalized spacial score (nSPS) is 11.1. The Kier molecular flexibility index (Phi) is 3.53. The third-order valence-corrected chi connectivity index (χ3v) is 2.77. The summed E-state index contributed by atoms with van der Waals surface area (Å²) < 4.78 is 6.62. The zero-order valence-corrected chi connectivity index (χ0v) is 10.8. The van der Waals surface area contributed by atoms with Gasteiger partial charge in [0.1, 0.15) is 5.75 Å². The van der Waals surface area contributed by atoms with Gasteiger partial charge in [0.2, 0.25) is 5.95 Å². The van der Waals surface area contributed by atoms with Gasteiger partial charge in [-0.05, 0) is 13.0 Å². The quantitative estimate of drug-likeness (QED) is 0.865. The number of rotatable bonds is 3. The lowest BCUT2D eigenvalue weighted by molar-refractivity contribution is 0.415. The lowest BCUT2D eigenvalue weighted by atomic mass is 10.2. The van der Waals surface area contributed by atoms with E-state index in [9.17, 15) is 0 Å². The molecule has 0 saturated heterocycles. The fourth-order valence-corrected chi connectivity index (χ4v) is 1.76. The predicted octanol–water partition coefficient (Wildman–Crippen LogP) is 2.32. The van der Waals surface area contributed by atoms with Crippen LogP contribution in [0.1, 0.15) is 11.3 Å². The number of methoxy groups -OCH3 is 1. The summed E-state index contributed by atoms with van der Waals surface area (Å²) in [5.41, 5.74) is 7.24. The number of aromatic nitrogens is 2. The van der Waals surface area contributed by atoms with E-state index in [-0.39, 0.29) is 0 Å². The maximum atomic E-state index is 6.15. The minimum atomic E-state index is 0.336. The number of nitrogens with two attached hydrogens (primary N) is 1. The summed E-state index contributed by atoms with van der Waals surface area (Å²) in [6.07, 6.45) is 3.35. The van der Waals surface area contributed by atoms with Crippen molar-refractivity contribution in [3.05, 3.63) is 40.7 Å². The van der Waals surface area contributed by atoms with Crippen LogP contribution >= 0.6 is 11.6 Å². The molecule has 0 fully saturated rings. The predicted molar refractivity (Wildman–Crippen MR) is 72.4 cm³/mol. The van der Waals surface area contributed by atoms with E-state index in [0.29, 0.717) is 16.7 Å². The Morgan fingerprint density at radius 3 is 2.89 bits per heavy atom. The molecule has 0 bridgehead atoms. The molecule has 0 unspecified atom stereocenters. The molecule has 2 rings (SSSR count). The molecule has 2 aromatic rings. The fourth-order valence-electron chi connectivity index (χ4n) is 1.51. The minimum Gasteiger partial charge on any atom is -0.495 e. The van der Waals surface area contributed by atoms with Crippen LogP contribution in [-0.4, -0.2) is 23.0 Å². The Morgan fingerprint density at radius 1 is 1.50 bits per heavy atom. The summed E-state index contributed by atoms with van der Waals surface area (Å²) in [4.78, 5) is 4.05. The van der Waals surface area contributed by atoms with Crippen LogP contribution in [0.15, 0.2) is 29.5 Å². The van der Waals surface area contributed by atoms with Crippen molar-refractivity contribution in [3.8, 4) is 5.75 Å². The van der Waals surface area contributed by atoms with Crippen LogP contribution in [0.3, 0.4) is 0 Å². The zero-order chi connectivity index (χ0) is 13.1. The van der Waals surface area contributed by atoms with Gasteiger partial charge in [-0.1, -0.05) is 23.7 Å². The number of hydrogen-bond donors (Lipinski definition) is 1. The van der Waals surface area contributed by atoms with E-state index in [1.165, 1.54) is 4.68 Å². The van der Waals surface area contributed by atoms with Crippen LogP contribution in [0.25, 0.3) is 0 Å². The van der Waals surface area contributed by atoms with Gasteiger partial charge in [0.05, 0.1) is 30.2 Å². The van der Waals surface area contributed by atoms with Crippen molar-refractivity contribution in [2.45, 2.75) is 6.92 Å². The Hall–Kier alpha value is -2.01. The molecule has 0 atom stereocenters. The minimum absolute atomic E-state index is 0.336. The van der Waals surface area contributed by atoms with Crippen LogP contribution in [0.5, 0.6) is 5.75 Å². The topological polar surface area (TPSA) is 65.4 Å². The average molecular weight is 265 g/mol. The van der Waals surface area contributed by atoms with E-state index < -0.39 is 0 Å². The Balaban J connectivity index is 2.32. The van der Waals surface area contributed by atoms with Crippen LogP contribution in [0.4, 0.5) is 5.95 Å². The second kappa shape index (κ2) is 5.10. The van der Waals surface area contributed by atoms with Gasteiger partial charge in [-0.15, -0.1) is 0 Å². The SMILES string of the molecule is COc1cccc(C=Nn2cc(C)nc2N)c1Cl. The van der Waals surface area contributed by atoms with Crippen molar-refractivity contribution in [2.75, 3.05) is 12.8 Å². The first-order valence-electron chi connectivity index (χ1n) is 5.30. The van der Waals surface area contributed by atoms with Gasteiger partial charge in [0.25, 0.3) is 0 Å². The number of nitrogens with zero attached hydrogens (tertiary/aromatic N) is 3. The summed E-state index contributed by atoms with van der Waals surface area (Å²) in [6.45, 7) is 1.85. The lowest BCUT2D eigenvalue weighted by Gasteiger charge is -2.04. The molecular weight excluding hydrogens is 252 g/mol. The third-order valence-electron chi connectivity index (χ3n) is 2.37. The molecule has 1 aromatic heterocycles. The standard InChI is InChI=1S/C12H13ClN4O/c1-8-7-17(12(14)16-8)15-6-9-4-3-5-10(18-2)11(9)13/h3-7H,1-2H3,(H2,14,16). The van der Waals surface area contributed by atoms with E-state index in [1.807, 2.05) is 19.1 Å². The van der Waals surface area contributed by atoms with Crippen molar-refractivity contribution >= 4 is 23.8 Å². The molecule has 2 N–H and O–H groups in total. The van der Waals surface area contributed by atoms with Gasteiger partial charge in [-0.25, -0.2) is 9.66 Å². The van der Waals surface area contributed by atoms with Gasteiger partial charge >= 0.3 is 0 Å². The number of nitrogen functional groups attached to an aromatic ring is 1. The molecular formula is C12H13ClN4O. The second-order valence-corrected chi connectivity index (χ2v) is 4.07. The van der Waals surface area contributed by atoms with Gasteiger partial charge in [-0.2, -0.15) is 5.10 Å². The third kappa shape index (κ3) is 2.46. The molecule has 5 nitrogen and oxygen atoms in total. The summed E-state index contributed by atoms with van der Waals surface area (Å²) in [5.74, 6) is 0.943. The summed E-state index contributed by atoms with van der Waals surface area (Å²) in [5, 5.41) is 4.71. The van der Waals surface area contributed by atoms with Crippen molar-refractivity contribution < 1.29 is 4.74 Å². The largest absolute Gasteiger partial charge is 0.495 e. The van der Waals surface area contributed by atoms with Gasteiger partial charge in [-0.3, -0.25) is 0 Å². The Labute approximate surface area is 110 Å². The molecule has 0 radical (unpaired) electrons. The second-order valence-electron chi connectivity index (χ2n) is 3.69. The van der Waals surface area contributed by atoms with E-state index in [2.05, 4.69) is 10.1 Å². The number of anilines is 1. The molecule has 0 saturated carbocycles. The van der Waals surface area contributed by atoms with Crippen molar-refractivity contribution in [1.82, 2.24) is 9.66 Å². The molecule has 0 aliphatic rings. The van der Waals surface area contributed by atoms with Crippen LogP contribution in [0.2, 0.25) is 5.02 Å². The molecule has 0 aliphatic heterocycles. The monoisotopic (exact) mass is 264 g/mol. The molecule has 1 heterocycles. The molecule has 18 heavy (non-hydrogen) atoms. The summed E-state index contributed by atoms with van der Waals surface area (Å²) in [7, 11) is 1.57. The van der Waals surface area contributed by atoms with E-state index >= 15 is 0 Å². The fraction of sp³-hybridized carbons (Fsp3) is 0.167. The first-order chi connectivity index (χ1) is 8.61. The molecule has 0 amide bonds. The van der Waals surface area contributed by atoms with E-state index in [1.54, 1.807) is 25.6 Å². The van der Waals surface area contributed by atoms with Gasteiger partial charge in [0.15, 0.2) is 0 Å². The van der Waals surface area contributed by atoms with Crippen LogP contribution < -0.4 is 10.5 Å². The zero-order valence-electron chi connectivity index (χ0n) is 10.1. The maximum absolute atomic E-state index is 6.15. The number of hydrogen-bond acceptors (Lipinski definition) is 4. The number of benzene rings is 1. The highest BCUT2D eigenvalue weighted by Crippen LogP contribution is 2.26. The molecule has 0 aliphatic carbocycles. The molecule has 6 heteroatoms. The van der Waals surface area contributed by atoms with Crippen molar-refractivity contribution in [2.24, 2.45) is 5.10 Å². The van der Waals surface area contributed by atoms with Crippen molar-refractivity contribution in [1.29, 1.82) is 0 Å². The molecule has 94 valence electrons. The Bertz CT molecular complexity index is 592. The highest BCUT2D eigenvalue weighted by Gasteiger charge is 2.04.